The van der Waals surface area contributed by atoms with Crippen molar-refractivity contribution in [3.05, 3.63) is 0 Å². The molecule has 1 saturated heterocycles. The van der Waals surface area contributed by atoms with Crippen molar-refractivity contribution in [2.75, 3.05) is 19.6 Å². The zero-order valence-electron chi connectivity index (χ0n) is 15.0. The van der Waals surface area contributed by atoms with Crippen LogP contribution in [0.3, 0.4) is 0 Å². The minimum absolute atomic E-state index is 0.482. The monoisotopic (exact) mass is 294 g/mol. The van der Waals surface area contributed by atoms with Crippen molar-refractivity contribution >= 4 is 0 Å². The van der Waals surface area contributed by atoms with E-state index in [1.54, 1.807) is 0 Å². The molecule has 1 saturated carbocycles. The molecule has 3 atom stereocenters. The molecule has 1 heterocycles. The lowest BCUT2D eigenvalue weighted by Crippen LogP contribution is -2.49. The van der Waals surface area contributed by atoms with Gasteiger partial charge in [-0.05, 0) is 62.9 Å². The summed E-state index contributed by atoms with van der Waals surface area (Å²) in [5.41, 5.74) is 0.482. The van der Waals surface area contributed by atoms with Gasteiger partial charge in [-0.2, -0.15) is 0 Å². The van der Waals surface area contributed by atoms with E-state index in [1.807, 2.05) is 0 Å². The van der Waals surface area contributed by atoms with Crippen molar-refractivity contribution in [2.24, 2.45) is 11.3 Å². The molecule has 0 amide bonds. The van der Waals surface area contributed by atoms with E-state index in [1.165, 1.54) is 71.0 Å². The van der Waals surface area contributed by atoms with Gasteiger partial charge in [-0.3, -0.25) is 0 Å². The van der Waals surface area contributed by atoms with E-state index in [0.29, 0.717) is 5.41 Å². The van der Waals surface area contributed by atoms with Crippen LogP contribution >= 0.6 is 0 Å². The van der Waals surface area contributed by atoms with Crippen molar-refractivity contribution < 1.29 is 0 Å². The maximum Gasteiger partial charge on any atom is 0.0159 e. The Balaban J connectivity index is 1.95. The summed E-state index contributed by atoms with van der Waals surface area (Å²) in [6.07, 6.45) is 11.1. The quantitative estimate of drug-likeness (QED) is 0.746. The summed E-state index contributed by atoms with van der Waals surface area (Å²) in [6, 6.07) is 1.60. The summed E-state index contributed by atoms with van der Waals surface area (Å²) >= 11 is 0. The van der Waals surface area contributed by atoms with Crippen molar-refractivity contribution in [2.45, 2.75) is 91.1 Å². The Labute approximate surface area is 133 Å². The van der Waals surface area contributed by atoms with Crippen LogP contribution in [0.25, 0.3) is 0 Å². The van der Waals surface area contributed by atoms with E-state index in [-0.39, 0.29) is 0 Å². The zero-order valence-corrected chi connectivity index (χ0v) is 15.0. The van der Waals surface area contributed by atoms with E-state index in [0.717, 1.165) is 18.0 Å². The van der Waals surface area contributed by atoms with Gasteiger partial charge in [0.05, 0.1) is 0 Å². The van der Waals surface area contributed by atoms with Gasteiger partial charge >= 0.3 is 0 Å². The average molecular weight is 295 g/mol. The first-order valence-corrected chi connectivity index (χ1v) is 9.56. The number of nitrogens with one attached hydrogen (secondary N) is 1. The molecule has 0 aromatic carbocycles. The van der Waals surface area contributed by atoms with Crippen LogP contribution in [0.5, 0.6) is 0 Å². The highest BCUT2D eigenvalue weighted by Crippen LogP contribution is 2.42. The van der Waals surface area contributed by atoms with Crippen LogP contribution < -0.4 is 5.32 Å². The first-order valence-electron chi connectivity index (χ1n) is 9.56. The second kappa shape index (κ2) is 7.97. The van der Waals surface area contributed by atoms with Crippen molar-refractivity contribution in [3.63, 3.8) is 0 Å². The van der Waals surface area contributed by atoms with E-state index >= 15 is 0 Å². The molecule has 2 rings (SSSR count). The molecule has 0 spiro atoms. The van der Waals surface area contributed by atoms with Gasteiger partial charge in [0.15, 0.2) is 0 Å². The molecular formula is C19H38N2. The van der Waals surface area contributed by atoms with E-state index in [4.69, 9.17) is 0 Å². The molecule has 1 aliphatic heterocycles. The second-order valence-electron chi connectivity index (χ2n) is 8.15. The molecule has 1 aliphatic carbocycles. The van der Waals surface area contributed by atoms with Gasteiger partial charge in [-0.25, -0.2) is 0 Å². The van der Waals surface area contributed by atoms with Gasteiger partial charge < -0.3 is 10.2 Å². The molecule has 0 aromatic rings. The minimum atomic E-state index is 0.482. The van der Waals surface area contributed by atoms with Crippen LogP contribution in [0, 0.1) is 11.3 Å². The Hall–Kier alpha value is -0.0800. The van der Waals surface area contributed by atoms with E-state index in [2.05, 4.69) is 37.9 Å². The van der Waals surface area contributed by atoms with Gasteiger partial charge in [-0.15, -0.1) is 0 Å². The fourth-order valence-corrected chi connectivity index (χ4v) is 4.72. The highest BCUT2D eigenvalue weighted by atomic mass is 15.2. The molecule has 0 aromatic heterocycles. The summed E-state index contributed by atoms with van der Waals surface area (Å²) in [6.45, 7) is 13.4. The zero-order chi connectivity index (χ0) is 15.3. The molecule has 2 heteroatoms. The van der Waals surface area contributed by atoms with Crippen molar-refractivity contribution in [3.8, 4) is 0 Å². The largest absolute Gasteiger partial charge is 0.313 e. The number of piperidine rings is 1. The average Bonchev–Trinajstić information content (AvgIpc) is 2.74. The maximum atomic E-state index is 3.88. The highest BCUT2D eigenvalue weighted by Gasteiger charge is 2.42. The highest BCUT2D eigenvalue weighted by molar-refractivity contribution is 4.97. The lowest BCUT2D eigenvalue weighted by atomic mass is 9.84. The van der Waals surface area contributed by atoms with Gasteiger partial charge in [0.25, 0.3) is 0 Å². The van der Waals surface area contributed by atoms with Crippen LogP contribution in [-0.2, 0) is 0 Å². The standard InChI is InChI=1S/C19H38N2/c1-5-9-17-10-7-8-14-21(17)15-16-11-12-19(3,4)18(16)20-13-6-2/h16-18,20H,5-15H2,1-4H3. The third-order valence-corrected chi connectivity index (χ3v) is 5.93. The predicted molar refractivity (Wildman–Crippen MR) is 92.7 cm³/mol. The summed E-state index contributed by atoms with van der Waals surface area (Å²) < 4.78 is 0. The van der Waals surface area contributed by atoms with Gasteiger partial charge in [0.1, 0.15) is 0 Å². The number of likely N-dealkylation sites (tertiary alicyclic amines) is 1. The van der Waals surface area contributed by atoms with Gasteiger partial charge in [0, 0.05) is 18.6 Å². The Morgan fingerprint density at radius 1 is 1.10 bits per heavy atom. The van der Waals surface area contributed by atoms with Crippen LogP contribution in [0.2, 0.25) is 0 Å². The third kappa shape index (κ3) is 4.45. The molecule has 1 N–H and O–H groups in total. The lowest BCUT2D eigenvalue weighted by molar-refractivity contribution is 0.104. The topological polar surface area (TPSA) is 15.3 Å². The SMILES string of the molecule is CCCNC1C(CN2CCCCC2CCC)CCC1(C)C. The molecule has 2 nitrogen and oxygen atoms in total. The van der Waals surface area contributed by atoms with Crippen LogP contribution in [0.15, 0.2) is 0 Å². The molecule has 2 aliphatic rings. The number of hydrogen-bond donors (Lipinski definition) is 1. The molecule has 2 fully saturated rings. The van der Waals surface area contributed by atoms with Crippen molar-refractivity contribution in [1.29, 1.82) is 0 Å². The Kier molecular flexibility index (Phi) is 6.55. The number of hydrogen-bond acceptors (Lipinski definition) is 2. The molecule has 21 heavy (non-hydrogen) atoms. The number of rotatable bonds is 7. The van der Waals surface area contributed by atoms with Crippen LogP contribution in [0.4, 0.5) is 0 Å². The first-order chi connectivity index (χ1) is 10.1. The summed E-state index contributed by atoms with van der Waals surface area (Å²) in [7, 11) is 0. The Morgan fingerprint density at radius 3 is 2.62 bits per heavy atom. The van der Waals surface area contributed by atoms with Crippen molar-refractivity contribution in [1.82, 2.24) is 10.2 Å². The summed E-state index contributed by atoms with van der Waals surface area (Å²) in [5.74, 6) is 0.865. The summed E-state index contributed by atoms with van der Waals surface area (Å²) in [4.78, 5) is 2.85. The maximum absolute atomic E-state index is 3.88. The van der Waals surface area contributed by atoms with Crippen LogP contribution in [0.1, 0.15) is 79.1 Å². The van der Waals surface area contributed by atoms with Crippen LogP contribution in [-0.4, -0.2) is 36.6 Å². The van der Waals surface area contributed by atoms with E-state index in [9.17, 15) is 0 Å². The van der Waals surface area contributed by atoms with Gasteiger partial charge in [0.2, 0.25) is 0 Å². The fourth-order valence-electron chi connectivity index (χ4n) is 4.72. The molecular weight excluding hydrogens is 256 g/mol. The second-order valence-corrected chi connectivity index (χ2v) is 8.15. The Morgan fingerprint density at radius 2 is 1.90 bits per heavy atom. The van der Waals surface area contributed by atoms with Gasteiger partial charge in [-0.1, -0.05) is 40.5 Å². The fraction of sp³-hybridized carbons (Fsp3) is 1.00. The minimum Gasteiger partial charge on any atom is -0.313 e. The molecule has 0 radical (unpaired) electrons. The summed E-state index contributed by atoms with van der Waals surface area (Å²) in [5, 5.41) is 3.88. The first kappa shape index (κ1) is 17.3. The molecule has 3 unspecified atom stereocenters. The lowest BCUT2D eigenvalue weighted by Gasteiger charge is -2.40. The third-order valence-electron chi connectivity index (χ3n) is 5.93. The number of nitrogens with zero attached hydrogens (tertiary/aromatic N) is 1. The predicted octanol–water partition coefficient (Wildman–Crippen LogP) is 4.45. The normalized spacial score (nSPS) is 33.4. The molecule has 0 bridgehead atoms. The van der Waals surface area contributed by atoms with E-state index < -0.39 is 0 Å². The smallest absolute Gasteiger partial charge is 0.0159 e. The molecule has 124 valence electrons. The Bertz CT molecular complexity index is 298.